The molecule has 0 aromatic heterocycles. The number of esters is 1. The standard InChI is InChI=1S/C12H15NO6S/c1-13(7-6-11(14)19-2)20(17,18)10-5-3-4-9(8-10)12(15)16/h3-5,8H,6-7H2,1-2H3,(H,15,16). The zero-order valence-corrected chi connectivity index (χ0v) is 11.9. The van der Waals surface area contributed by atoms with E-state index in [9.17, 15) is 18.0 Å². The van der Waals surface area contributed by atoms with Gasteiger partial charge in [0.1, 0.15) is 0 Å². The molecule has 0 fully saturated rings. The van der Waals surface area contributed by atoms with Gasteiger partial charge in [-0.3, -0.25) is 4.79 Å². The van der Waals surface area contributed by atoms with Gasteiger partial charge in [-0.25, -0.2) is 17.5 Å². The van der Waals surface area contributed by atoms with Gasteiger partial charge in [-0.2, -0.15) is 0 Å². The van der Waals surface area contributed by atoms with Crippen molar-refractivity contribution in [3.8, 4) is 0 Å². The number of ether oxygens (including phenoxy) is 1. The lowest BCUT2D eigenvalue weighted by atomic mass is 10.2. The van der Waals surface area contributed by atoms with Gasteiger partial charge >= 0.3 is 11.9 Å². The third-order valence-electron chi connectivity index (χ3n) is 2.65. The molecule has 0 saturated carbocycles. The van der Waals surface area contributed by atoms with E-state index in [0.29, 0.717) is 0 Å². The number of aromatic carboxylic acids is 1. The lowest BCUT2D eigenvalue weighted by Crippen LogP contribution is -2.29. The summed E-state index contributed by atoms with van der Waals surface area (Å²) < 4.78 is 29.8. The van der Waals surface area contributed by atoms with Crippen LogP contribution in [0.2, 0.25) is 0 Å². The van der Waals surface area contributed by atoms with Gasteiger partial charge in [0.25, 0.3) is 0 Å². The average Bonchev–Trinajstić information content (AvgIpc) is 2.44. The third-order valence-corrected chi connectivity index (χ3v) is 4.50. The highest BCUT2D eigenvalue weighted by molar-refractivity contribution is 7.89. The molecule has 0 aliphatic heterocycles. The van der Waals surface area contributed by atoms with Crippen molar-refractivity contribution in [2.75, 3.05) is 20.7 Å². The van der Waals surface area contributed by atoms with Gasteiger partial charge in [-0.1, -0.05) is 6.07 Å². The third kappa shape index (κ3) is 3.78. The number of carbonyl (C=O) groups excluding carboxylic acids is 1. The van der Waals surface area contributed by atoms with Crippen LogP contribution in [-0.4, -0.2) is 50.5 Å². The number of carboxylic acids is 1. The Hall–Kier alpha value is -1.93. The van der Waals surface area contributed by atoms with Gasteiger partial charge in [-0.15, -0.1) is 0 Å². The first kappa shape index (κ1) is 16.1. The first-order chi connectivity index (χ1) is 9.28. The van der Waals surface area contributed by atoms with E-state index < -0.39 is 22.0 Å². The molecule has 0 aliphatic rings. The number of hydrogen-bond acceptors (Lipinski definition) is 5. The van der Waals surface area contributed by atoms with Crippen LogP contribution in [0.5, 0.6) is 0 Å². The van der Waals surface area contributed by atoms with E-state index in [4.69, 9.17) is 5.11 Å². The van der Waals surface area contributed by atoms with Gasteiger partial charge in [0.15, 0.2) is 0 Å². The molecule has 7 nitrogen and oxygen atoms in total. The lowest BCUT2D eigenvalue weighted by Gasteiger charge is -2.16. The maximum atomic E-state index is 12.2. The summed E-state index contributed by atoms with van der Waals surface area (Å²) in [6.45, 7) is -0.0493. The summed E-state index contributed by atoms with van der Waals surface area (Å²) in [5, 5.41) is 8.85. The van der Waals surface area contributed by atoms with E-state index in [1.54, 1.807) is 0 Å². The molecule has 8 heteroatoms. The van der Waals surface area contributed by atoms with E-state index in [1.807, 2.05) is 0 Å². The Labute approximate surface area is 116 Å². The molecule has 1 rings (SSSR count). The van der Waals surface area contributed by atoms with Crippen molar-refractivity contribution < 1.29 is 27.9 Å². The number of nitrogens with zero attached hydrogens (tertiary/aromatic N) is 1. The second-order valence-electron chi connectivity index (χ2n) is 3.99. The monoisotopic (exact) mass is 301 g/mol. The van der Waals surface area contributed by atoms with Crippen LogP contribution in [0.3, 0.4) is 0 Å². The van der Waals surface area contributed by atoms with Crippen molar-refractivity contribution >= 4 is 22.0 Å². The number of benzene rings is 1. The summed E-state index contributed by atoms with van der Waals surface area (Å²) in [7, 11) is -1.31. The summed E-state index contributed by atoms with van der Waals surface area (Å²) in [5.41, 5.74) is -0.118. The van der Waals surface area contributed by atoms with Crippen LogP contribution >= 0.6 is 0 Å². The van der Waals surface area contributed by atoms with Crippen LogP contribution in [0.4, 0.5) is 0 Å². The van der Waals surface area contributed by atoms with Crippen molar-refractivity contribution in [2.24, 2.45) is 0 Å². The SMILES string of the molecule is COC(=O)CCN(C)S(=O)(=O)c1cccc(C(=O)O)c1. The molecule has 0 unspecified atom stereocenters. The molecule has 0 spiro atoms. The highest BCUT2D eigenvalue weighted by atomic mass is 32.2. The van der Waals surface area contributed by atoms with Crippen molar-refractivity contribution in [1.29, 1.82) is 0 Å². The molecular formula is C12H15NO6S. The van der Waals surface area contributed by atoms with Crippen molar-refractivity contribution in [1.82, 2.24) is 4.31 Å². The van der Waals surface area contributed by atoms with E-state index in [-0.39, 0.29) is 23.4 Å². The Morgan fingerprint density at radius 1 is 1.35 bits per heavy atom. The molecule has 0 saturated heterocycles. The predicted molar refractivity (Wildman–Crippen MR) is 69.9 cm³/mol. The number of methoxy groups -OCH3 is 1. The van der Waals surface area contributed by atoms with Crippen LogP contribution in [0.1, 0.15) is 16.8 Å². The predicted octanol–water partition coefficient (Wildman–Crippen LogP) is 0.568. The molecular weight excluding hydrogens is 286 g/mol. The highest BCUT2D eigenvalue weighted by Gasteiger charge is 2.22. The molecule has 0 amide bonds. The Morgan fingerprint density at radius 2 is 2.00 bits per heavy atom. The molecule has 0 radical (unpaired) electrons. The van der Waals surface area contributed by atoms with E-state index in [1.165, 1.54) is 32.4 Å². The largest absolute Gasteiger partial charge is 0.478 e. The fourth-order valence-corrected chi connectivity index (χ4v) is 2.66. The van der Waals surface area contributed by atoms with Crippen LogP contribution in [-0.2, 0) is 19.6 Å². The molecule has 0 bridgehead atoms. The van der Waals surface area contributed by atoms with Gasteiger partial charge in [0.2, 0.25) is 10.0 Å². The van der Waals surface area contributed by atoms with E-state index in [0.717, 1.165) is 10.4 Å². The molecule has 110 valence electrons. The number of carbonyl (C=O) groups is 2. The van der Waals surface area contributed by atoms with Crippen LogP contribution in [0, 0.1) is 0 Å². The van der Waals surface area contributed by atoms with E-state index >= 15 is 0 Å². The minimum absolute atomic E-state index is 0.0493. The minimum Gasteiger partial charge on any atom is -0.478 e. The number of carboxylic acid groups (broad SMARTS) is 1. The number of rotatable bonds is 6. The smallest absolute Gasteiger partial charge is 0.335 e. The molecule has 0 atom stereocenters. The second kappa shape index (κ2) is 6.49. The van der Waals surface area contributed by atoms with Crippen LogP contribution in [0.25, 0.3) is 0 Å². The van der Waals surface area contributed by atoms with Crippen molar-refractivity contribution in [2.45, 2.75) is 11.3 Å². The normalized spacial score (nSPS) is 11.3. The summed E-state index contributed by atoms with van der Waals surface area (Å²) in [5.74, 6) is -1.73. The molecule has 1 N–H and O–H groups in total. The van der Waals surface area contributed by atoms with Crippen molar-refractivity contribution in [3.63, 3.8) is 0 Å². The molecule has 0 aliphatic carbocycles. The summed E-state index contributed by atoms with van der Waals surface area (Å²) in [6, 6.07) is 5.03. The van der Waals surface area contributed by atoms with Crippen molar-refractivity contribution in [3.05, 3.63) is 29.8 Å². The first-order valence-electron chi connectivity index (χ1n) is 5.65. The first-order valence-corrected chi connectivity index (χ1v) is 7.09. The Balaban J connectivity index is 2.95. The number of hydrogen-bond donors (Lipinski definition) is 1. The minimum atomic E-state index is -3.84. The molecule has 20 heavy (non-hydrogen) atoms. The second-order valence-corrected chi connectivity index (χ2v) is 6.03. The topological polar surface area (TPSA) is 101 Å². The van der Waals surface area contributed by atoms with Gasteiger partial charge in [0, 0.05) is 13.6 Å². The molecule has 1 aromatic rings. The van der Waals surface area contributed by atoms with Gasteiger partial charge in [-0.05, 0) is 18.2 Å². The summed E-state index contributed by atoms with van der Waals surface area (Å²) >= 11 is 0. The lowest BCUT2D eigenvalue weighted by molar-refractivity contribution is -0.140. The van der Waals surface area contributed by atoms with E-state index in [2.05, 4.69) is 4.74 Å². The zero-order valence-electron chi connectivity index (χ0n) is 11.1. The Morgan fingerprint density at radius 3 is 2.55 bits per heavy atom. The maximum absolute atomic E-state index is 12.2. The zero-order chi connectivity index (χ0) is 15.3. The van der Waals surface area contributed by atoms with Crippen LogP contribution < -0.4 is 0 Å². The molecule has 1 aromatic carbocycles. The molecule has 0 heterocycles. The highest BCUT2D eigenvalue weighted by Crippen LogP contribution is 2.16. The quantitative estimate of drug-likeness (QED) is 0.771. The fourth-order valence-electron chi connectivity index (χ4n) is 1.44. The fraction of sp³-hybridized carbons (Fsp3) is 0.333. The Bertz CT molecular complexity index is 610. The van der Waals surface area contributed by atoms with Gasteiger partial charge < -0.3 is 9.84 Å². The van der Waals surface area contributed by atoms with Crippen LogP contribution in [0.15, 0.2) is 29.2 Å². The number of sulfonamides is 1. The maximum Gasteiger partial charge on any atom is 0.335 e. The van der Waals surface area contributed by atoms with Gasteiger partial charge in [0.05, 0.1) is 24.0 Å². The Kier molecular flexibility index (Phi) is 5.23. The summed E-state index contributed by atoms with van der Waals surface area (Å²) in [6.07, 6.45) is -0.0785. The average molecular weight is 301 g/mol. The summed E-state index contributed by atoms with van der Waals surface area (Å²) in [4.78, 5) is 21.7.